The fraction of sp³-hybridized carbons (Fsp3) is 0.600. The Morgan fingerprint density at radius 3 is 2.48 bits per heavy atom. The Labute approximate surface area is 156 Å². The molecule has 1 fully saturated rings. The van der Waals surface area contributed by atoms with Crippen molar-refractivity contribution >= 4 is 32.5 Å². The molecule has 1 aliphatic heterocycles. The predicted octanol–water partition coefficient (Wildman–Crippen LogP) is 0.993. The largest absolute Gasteiger partial charge is 0.316 e. The SMILES string of the molecule is CNS(=O)(=O)c1ccc(S(=O)(=O)NCCC2CCCNC2)cc1C.Cl. The first-order valence-electron chi connectivity index (χ1n) is 8.01. The summed E-state index contributed by atoms with van der Waals surface area (Å²) in [7, 11) is -5.91. The van der Waals surface area contributed by atoms with Crippen LogP contribution in [0.1, 0.15) is 24.8 Å². The number of hydrogen-bond donors (Lipinski definition) is 3. The minimum atomic E-state index is -3.64. The highest BCUT2D eigenvalue weighted by Gasteiger charge is 2.20. The Balaban J connectivity index is 0.00000312. The number of rotatable bonds is 7. The van der Waals surface area contributed by atoms with E-state index in [0.29, 0.717) is 18.0 Å². The molecule has 0 bridgehead atoms. The van der Waals surface area contributed by atoms with Crippen molar-refractivity contribution in [1.29, 1.82) is 0 Å². The predicted molar refractivity (Wildman–Crippen MR) is 100 cm³/mol. The van der Waals surface area contributed by atoms with Gasteiger partial charge in [-0.1, -0.05) is 0 Å². The van der Waals surface area contributed by atoms with E-state index in [2.05, 4.69) is 14.8 Å². The normalized spacial score (nSPS) is 18.6. The van der Waals surface area contributed by atoms with Crippen molar-refractivity contribution in [2.45, 2.75) is 36.0 Å². The van der Waals surface area contributed by atoms with Crippen LogP contribution in [0, 0.1) is 12.8 Å². The molecular weight excluding hydrogens is 386 g/mol. The minimum Gasteiger partial charge on any atom is -0.316 e. The first kappa shape index (κ1) is 22.3. The van der Waals surface area contributed by atoms with E-state index >= 15 is 0 Å². The summed E-state index contributed by atoms with van der Waals surface area (Å²) in [6, 6.07) is 4.03. The molecule has 0 radical (unpaired) electrons. The molecule has 1 unspecified atom stereocenters. The summed E-state index contributed by atoms with van der Waals surface area (Å²) in [5.74, 6) is 0.492. The molecule has 25 heavy (non-hydrogen) atoms. The summed E-state index contributed by atoms with van der Waals surface area (Å²) in [5, 5.41) is 3.31. The third kappa shape index (κ3) is 5.90. The molecule has 0 amide bonds. The van der Waals surface area contributed by atoms with Gasteiger partial charge < -0.3 is 5.32 Å². The Kier molecular flexibility index (Phi) is 8.30. The number of benzene rings is 1. The van der Waals surface area contributed by atoms with E-state index < -0.39 is 20.0 Å². The molecule has 0 spiro atoms. The van der Waals surface area contributed by atoms with Crippen molar-refractivity contribution < 1.29 is 16.8 Å². The lowest BCUT2D eigenvalue weighted by Gasteiger charge is -2.22. The smallest absolute Gasteiger partial charge is 0.240 e. The lowest BCUT2D eigenvalue weighted by Crippen LogP contribution is -2.33. The van der Waals surface area contributed by atoms with Gasteiger partial charge >= 0.3 is 0 Å². The van der Waals surface area contributed by atoms with Crippen molar-refractivity contribution in [3.05, 3.63) is 23.8 Å². The zero-order valence-corrected chi connectivity index (χ0v) is 16.9. The van der Waals surface area contributed by atoms with Crippen LogP contribution in [0.4, 0.5) is 0 Å². The van der Waals surface area contributed by atoms with Crippen LogP contribution in [0.5, 0.6) is 0 Å². The Hall–Kier alpha value is -0.710. The first-order valence-corrected chi connectivity index (χ1v) is 11.0. The molecule has 10 heteroatoms. The molecule has 0 aromatic heterocycles. The number of halogens is 1. The molecule has 0 saturated carbocycles. The highest BCUT2D eigenvalue weighted by Crippen LogP contribution is 2.20. The maximum absolute atomic E-state index is 12.4. The van der Waals surface area contributed by atoms with E-state index in [-0.39, 0.29) is 22.2 Å². The number of hydrogen-bond acceptors (Lipinski definition) is 5. The molecule has 1 aromatic rings. The standard InChI is InChI=1S/C15H25N3O4S2.ClH/c1-12-10-14(5-6-15(12)24(21,22)16-2)23(19,20)18-9-7-13-4-3-8-17-11-13;/h5-6,10,13,16-18H,3-4,7-9,11H2,1-2H3;1H. The molecule has 3 N–H and O–H groups in total. The van der Waals surface area contributed by atoms with Crippen LogP contribution < -0.4 is 14.8 Å². The second kappa shape index (κ2) is 9.29. The quantitative estimate of drug-likeness (QED) is 0.620. The molecule has 2 rings (SSSR count). The molecule has 7 nitrogen and oxygen atoms in total. The van der Waals surface area contributed by atoms with Gasteiger partial charge in [0.05, 0.1) is 9.79 Å². The van der Waals surface area contributed by atoms with Crippen LogP contribution in [0.25, 0.3) is 0 Å². The molecule has 1 aromatic carbocycles. The highest BCUT2D eigenvalue weighted by atomic mass is 35.5. The monoisotopic (exact) mass is 411 g/mol. The van der Waals surface area contributed by atoms with Gasteiger partial charge in [0.1, 0.15) is 0 Å². The lowest BCUT2D eigenvalue weighted by atomic mass is 9.96. The molecule has 1 saturated heterocycles. The van der Waals surface area contributed by atoms with Gasteiger partial charge in [-0.25, -0.2) is 26.3 Å². The third-order valence-corrected chi connectivity index (χ3v) is 7.29. The molecule has 1 heterocycles. The summed E-state index contributed by atoms with van der Waals surface area (Å²) >= 11 is 0. The number of piperidine rings is 1. The first-order chi connectivity index (χ1) is 11.3. The van der Waals surface area contributed by atoms with E-state index in [1.54, 1.807) is 6.92 Å². The van der Waals surface area contributed by atoms with Gasteiger partial charge in [-0.2, -0.15) is 0 Å². The van der Waals surface area contributed by atoms with Gasteiger partial charge in [-0.05, 0) is 76.0 Å². The second-order valence-electron chi connectivity index (χ2n) is 6.03. The highest BCUT2D eigenvalue weighted by molar-refractivity contribution is 7.90. The van der Waals surface area contributed by atoms with E-state index in [1.165, 1.54) is 25.2 Å². The minimum absolute atomic E-state index is 0. The summed E-state index contributed by atoms with van der Waals surface area (Å²) in [5.41, 5.74) is 0.392. The maximum atomic E-state index is 12.4. The summed E-state index contributed by atoms with van der Waals surface area (Å²) in [4.78, 5) is 0.161. The van der Waals surface area contributed by atoms with Crippen LogP contribution in [-0.4, -0.2) is 43.5 Å². The summed E-state index contributed by atoms with van der Waals surface area (Å²) in [6.45, 7) is 3.92. The number of nitrogens with one attached hydrogen (secondary N) is 3. The topological polar surface area (TPSA) is 104 Å². The van der Waals surface area contributed by atoms with Crippen molar-refractivity contribution in [3.8, 4) is 0 Å². The zero-order valence-electron chi connectivity index (χ0n) is 14.4. The lowest BCUT2D eigenvalue weighted by molar-refractivity contribution is 0.358. The molecule has 144 valence electrons. The van der Waals surface area contributed by atoms with Crippen LogP contribution in [0.2, 0.25) is 0 Å². The van der Waals surface area contributed by atoms with Crippen molar-refractivity contribution in [2.24, 2.45) is 5.92 Å². The van der Waals surface area contributed by atoms with Crippen LogP contribution >= 0.6 is 12.4 Å². The number of aryl methyl sites for hydroxylation is 1. The van der Waals surface area contributed by atoms with Crippen LogP contribution in [-0.2, 0) is 20.0 Å². The van der Waals surface area contributed by atoms with Gasteiger partial charge in [0.15, 0.2) is 0 Å². The van der Waals surface area contributed by atoms with Crippen molar-refractivity contribution in [1.82, 2.24) is 14.8 Å². The van der Waals surface area contributed by atoms with Gasteiger partial charge in [-0.3, -0.25) is 0 Å². The average Bonchev–Trinajstić information content (AvgIpc) is 2.55. The molecular formula is C15H26ClN3O4S2. The van der Waals surface area contributed by atoms with Crippen LogP contribution in [0.3, 0.4) is 0 Å². The summed E-state index contributed by atoms with van der Waals surface area (Å²) in [6.07, 6.45) is 3.03. The van der Waals surface area contributed by atoms with E-state index in [1.807, 2.05) is 0 Å². The van der Waals surface area contributed by atoms with Crippen LogP contribution in [0.15, 0.2) is 28.0 Å². The van der Waals surface area contributed by atoms with Crippen molar-refractivity contribution in [2.75, 3.05) is 26.7 Å². The second-order valence-corrected chi connectivity index (χ2v) is 9.66. The Bertz CT molecular complexity index is 776. The fourth-order valence-corrected chi connectivity index (χ4v) is 4.93. The van der Waals surface area contributed by atoms with E-state index in [9.17, 15) is 16.8 Å². The Morgan fingerprint density at radius 2 is 1.92 bits per heavy atom. The Morgan fingerprint density at radius 1 is 1.20 bits per heavy atom. The number of sulfonamides is 2. The van der Waals surface area contributed by atoms with Crippen molar-refractivity contribution in [3.63, 3.8) is 0 Å². The third-order valence-electron chi connectivity index (χ3n) is 4.26. The molecule has 1 aliphatic rings. The van der Waals surface area contributed by atoms with Gasteiger partial charge in [0, 0.05) is 6.54 Å². The van der Waals surface area contributed by atoms with Gasteiger partial charge in [-0.15, -0.1) is 12.4 Å². The van der Waals surface area contributed by atoms with Gasteiger partial charge in [0.2, 0.25) is 20.0 Å². The van der Waals surface area contributed by atoms with E-state index in [4.69, 9.17) is 0 Å². The van der Waals surface area contributed by atoms with E-state index in [0.717, 1.165) is 32.4 Å². The van der Waals surface area contributed by atoms with Gasteiger partial charge in [0.25, 0.3) is 0 Å². The average molecular weight is 412 g/mol. The summed E-state index contributed by atoms with van der Waals surface area (Å²) < 4.78 is 53.3. The molecule has 1 atom stereocenters. The zero-order chi connectivity index (χ0) is 17.8. The fourth-order valence-electron chi connectivity index (χ4n) is 2.85. The maximum Gasteiger partial charge on any atom is 0.240 e. The molecule has 0 aliphatic carbocycles.